The first-order valence-electron chi connectivity index (χ1n) is 8.05. The van der Waals surface area contributed by atoms with E-state index in [1.807, 2.05) is 6.07 Å². The van der Waals surface area contributed by atoms with Gasteiger partial charge in [-0.2, -0.15) is 0 Å². The normalized spacial score (nSPS) is 13.0. The summed E-state index contributed by atoms with van der Waals surface area (Å²) in [5, 5.41) is 3.53. The topological polar surface area (TPSA) is 21.3 Å². The van der Waals surface area contributed by atoms with E-state index in [1.54, 1.807) is 0 Å². The monoisotopic (exact) mass is 355 g/mol. The van der Waals surface area contributed by atoms with E-state index in [4.69, 9.17) is 4.74 Å². The van der Waals surface area contributed by atoms with E-state index in [1.165, 1.54) is 18.4 Å². The molecule has 1 aromatic carbocycles. The van der Waals surface area contributed by atoms with Crippen LogP contribution in [0.2, 0.25) is 0 Å². The summed E-state index contributed by atoms with van der Waals surface area (Å²) in [5.74, 6) is 2.25. The first-order chi connectivity index (χ1) is 9.90. The maximum Gasteiger partial charge on any atom is 0.122 e. The van der Waals surface area contributed by atoms with E-state index in [-0.39, 0.29) is 0 Å². The van der Waals surface area contributed by atoms with Gasteiger partial charge in [-0.05, 0) is 55.4 Å². The number of hydrogen-bond acceptors (Lipinski definition) is 2. The lowest BCUT2D eigenvalue weighted by atomic mass is 10.0. The van der Waals surface area contributed by atoms with Gasteiger partial charge in [-0.25, -0.2) is 0 Å². The standard InChI is InChI=1S/C18H30BrNO/c1-13(2)6-7-15(5)20-10-11-21-18-9-8-16(19)12-17(18)14(3)4/h8-9,12-15,20H,6-7,10-11H2,1-5H3. The molecule has 0 heterocycles. The maximum atomic E-state index is 5.95. The van der Waals surface area contributed by atoms with Crippen LogP contribution in [0.25, 0.3) is 0 Å². The van der Waals surface area contributed by atoms with Gasteiger partial charge in [-0.1, -0.05) is 43.6 Å². The van der Waals surface area contributed by atoms with E-state index < -0.39 is 0 Å². The Hall–Kier alpha value is -0.540. The van der Waals surface area contributed by atoms with Crippen LogP contribution in [-0.2, 0) is 0 Å². The summed E-state index contributed by atoms with van der Waals surface area (Å²) < 4.78 is 7.06. The number of ether oxygens (including phenoxy) is 1. The van der Waals surface area contributed by atoms with Crippen LogP contribution >= 0.6 is 15.9 Å². The third-order valence-corrected chi connectivity index (χ3v) is 4.12. The predicted octanol–water partition coefficient (Wildman–Crippen LogP) is 5.37. The zero-order valence-electron chi connectivity index (χ0n) is 14.1. The van der Waals surface area contributed by atoms with Crippen LogP contribution in [0.4, 0.5) is 0 Å². The molecule has 1 N–H and O–H groups in total. The van der Waals surface area contributed by atoms with Crippen LogP contribution in [-0.4, -0.2) is 19.2 Å². The molecule has 0 saturated heterocycles. The molecule has 0 amide bonds. The van der Waals surface area contributed by atoms with Crippen molar-refractivity contribution in [3.05, 3.63) is 28.2 Å². The number of halogens is 1. The summed E-state index contributed by atoms with van der Waals surface area (Å²) in [5.41, 5.74) is 1.26. The van der Waals surface area contributed by atoms with Crippen molar-refractivity contribution < 1.29 is 4.74 Å². The molecular formula is C18H30BrNO. The minimum atomic E-state index is 0.468. The first-order valence-corrected chi connectivity index (χ1v) is 8.85. The Kier molecular flexibility index (Phi) is 8.35. The smallest absolute Gasteiger partial charge is 0.122 e. The molecule has 1 unspecified atom stereocenters. The maximum absolute atomic E-state index is 5.95. The summed E-state index contributed by atoms with van der Waals surface area (Å²) in [6.45, 7) is 12.8. The average Bonchev–Trinajstić information content (AvgIpc) is 2.42. The second-order valence-electron chi connectivity index (χ2n) is 6.51. The van der Waals surface area contributed by atoms with Crippen molar-refractivity contribution in [2.24, 2.45) is 5.92 Å². The van der Waals surface area contributed by atoms with E-state index in [9.17, 15) is 0 Å². The van der Waals surface area contributed by atoms with Crippen molar-refractivity contribution in [1.82, 2.24) is 5.32 Å². The van der Waals surface area contributed by atoms with Crippen LogP contribution in [0.5, 0.6) is 5.75 Å². The fourth-order valence-corrected chi connectivity index (χ4v) is 2.63. The molecule has 0 fully saturated rings. The lowest BCUT2D eigenvalue weighted by Crippen LogP contribution is -2.30. The quantitative estimate of drug-likeness (QED) is 0.601. The minimum absolute atomic E-state index is 0.468. The van der Waals surface area contributed by atoms with Gasteiger partial charge in [-0.15, -0.1) is 0 Å². The number of nitrogens with one attached hydrogen (secondary N) is 1. The summed E-state index contributed by atoms with van der Waals surface area (Å²) in [4.78, 5) is 0. The van der Waals surface area contributed by atoms with Gasteiger partial charge in [0.05, 0.1) is 0 Å². The molecule has 1 aromatic rings. The van der Waals surface area contributed by atoms with Crippen molar-refractivity contribution in [3.63, 3.8) is 0 Å². The number of hydrogen-bond donors (Lipinski definition) is 1. The van der Waals surface area contributed by atoms with Gasteiger partial charge in [0.25, 0.3) is 0 Å². The zero-order valence-corrected chi connectivity index (χ0v) is 15.7. The summed E-state index contributed by atoms with van der Waals surface area (Å²) in [7, 11) is 0. The van der Waals surface area contributed by atoms with Crippen LogP contribution in [0.1, 0.15) is 58.9 Å². The molecule has 0 bridgehead atoms. The van der Waals surface area contributed by atoms with Gasteiger partial charge in [0, 0.05) is 17.1 Å². The van der Waals surface area contributed by atoms with Gasteiger partial charge in [0.15, 0.2) is 0 Å². The fraction of sp³-hybridized carbons (Fsp3) is 0.667. The third-order valence-electron chi connectivity index (χ3n) is 3.62. The van der Waals surface area contributed by atoms with Crippen molar-refractivity contribution in [1.29, 1.82) is 0 Å². The van der Waals surface area contributed by atoms with Gasteiger partial charge >= 0.3 is 0 Å². The zero-order chi connectivity index (χ0) is 15.8. The third kappa shape index (κ3) is 7.32. The van der Waals surface area contributed by atoms with Crippen molar-refractivity contribution in [2.75, 3.05) is 13.2 Å². The minimum Gasteiger partial charge on any atom is -0.492 e. The van der Waals surface area contributed by atoms with Crippen molar-refractivity contribution in [3.8, 4) is 5.75 Å². The largest absolute Gasteiger partial charge is 0.492 e. The van der Waals surface area contributed by atoms with E-state index in [0.29, 0.717) is 18.6 Å². The van der Waals surface area contributed by atoms with Crippen LogP contribution in [0.3, 0.4) is 0 Å². The molecule has 0 saturated carbocycles. The summed E-state index contributed by atoms with van der Waals surface area (Å²) >= 11 is 3.53. The Balaban J connectivity index is 2.36. The molecule has 3 heteroatoms. The Bertz CT molecular complexity index is 418. The highest BCUT2D eigenvalue weighted by atomic mass is 79.9. The molecular weight excluding hydrogens is 326 g/mol. The molecule has 0 aromatic heterocycles. The Morgan fingerprint density at radius 2 is 1.81 bits per heavy atom. The van der Waals surface area contributed by atoms with E-state index in [2.05, 4.69) is 68.0 Å². The highest BCUT2D eigenvalue weighted by Gasteiger charge is 2.09. The molecule has 120 valence electrons. The van der Waals surface area contributed by atoms with Crippen LogP contribution in [0, 0.1) is 5.92 Å². The Labute approximate surface area is 138 Å². The van der Waals surface area contributed by atoms with Crippen LogP contribution in [0.15, 0.2) is 22.7 Å². The van der Waals surface area contributed by atoms with E-state index in [0.717, 1.165) is 22.7 Å². The Morgan fingerprint density at radius 3 is 2.43 bits per heavy atom. The van der Waals surface area contributed by atoms with Crippen molar-refractivity contribution >= 4 is 15.9 Å². The van der Waals surface area contributed by atoms with E-state index >= 15 is 0 Å². The Morgan fingerprint density at radius 1 is 1.10 bits per heavy atom. The van der Waals surface area contributed by atoms with Crippen LogP contribution < -0.4 is 10.1 Å². The van der Waals surface area contributed by atoms with Gasteiger partial charge in [0.2, 0.25) is 0 Å². The number of rotatable bonds is 9. The van der Waals surface area contributed by atoms with Crippen molar-refractivity contribution in [2.45, 2.75) is 59.4 Å². The van der Waals surface area contributed by atoms with Gasteiger partial charge in [-0.3, -0.25) is 0 Å². The predicted molar refractivity (Wildman–Crippen MR) is 95.3 cm³/mol. The first kappa shape index (κ1) is 18.5. The second-order valence-corrected chi connectivity index (χ2v) is 7.43. The summed E-state index contributed by atoms with van der Waals surface area (Å²) in [6.07, 6.45) is 2.51. The molecule has 0 aliphatic carbocycles. The highest BCUT2D eigenvalue weighted by Crippen LogP contribution is 2.29. The molecule has 0 aliphatic heterocycles. The molecule has 1 rings (SSSR count). The fourth-order valence-electron chi connectivity index (χ4n) is 2.25. The molecule has 0 radical (unpaired) electrons. The van der Waals surface area contributed by atoms with Gasteiger partial charge in [0.1, 0.15) is 12.4 Å². The molecule has 0 aliphatic rings. The molecule has 21 heavy (non-hydrogen) atoms. The van der Waals surface area contributed by atoms with Gasteiger partial charge < -0.3 is 10.1 Å². The lowest BCUT2D eigenvalue weighted by Gasteiger charge is -2.17. The highest BCUT2D eigenvalue weighted by molar-refractivity contribution is 9.10. The summed E-state index contributed by atoms with van der Waals surface area (Å²) in [6, 6.07) is 6.81. The molecule has 0 spiro atoms. The average molecular weight is 356 g/mol. The molecule has 1 atom stereocenters. The molecule has 2 nitrogen and oxygen atoms in total. The number of benzene rings is 1. The second kappa shape index (κ2) is 9.47. The SMILES string of the molecule is CC(C)CCC(C)NCCOc1ccc(Br)cc1C(C)C. The lowest BCUT2D eigenvalue weighted by molar-refractivity contribution is 0.299.